The van der Waals surface area contributed by atoms with Crippen LogP contribution in [0.15, 0.2) is 24.3 Å². The summed E-state index contributed by atoms with van der Waals surface area (Å²) in [6.07, 6.45) is 0.235. The van der Waals surface area contributed by atoms with E-state index in [1.165, 1.54) is 0 Å². The van der Waals surface area contributed by atoms with Crippen LogP contribution in [0, 0.1) is 0 Å². The van der Waals surface area contributed by atoms with Crippen LogP contribution in [0.5, 0.6) is 5.75 Å². The van der Waals surface area contributed by atoms with Crippen LogP contribution in [-0.2, 0) is 4.79 Å². The van der Waals surface area contributed by atoms with Gasteiger partial charge in [-0.05, 0) is 19.1 Å². The molecular formula is C12H18N2O3. The van der Waals surface area contributed by atoms with Gasteiger partial charge in [0.1, 0.15) is 5.75 Å². The van der Waals surface area contributed by atoms with Crippen molar-refractivity contribution in [1.29, 1.82) is 0 Å². The van der Waals surface area contributed by atoms with E-state index in [4.69, 9.17) is 15.6 Å². The average molecular weight is 238 g/mol. The molecule has 0 saturated carbocycles. The number of aliphatic hydroxyl groups is 1. The smallest absolute Gasteiger partial charge is 0.223 e. The van der Waals surface area contributed by atoms with Crippen LogP contribution in [-0.4, -0.2) is 30.3 Å². The molecule has 0 bridgehead atoms. The van der Waals surface area contributed by atoms with Crippen LogP contribution in [0.4, 0.5) is 5.69 Å². The van der Waals surface area contributed by atoms with E-state index in [9.17, 15) is 4.79 Å². The highest BCUT2D eigenvalue weighted by Gasteiger charge is 2.06. The third kappa shape index (κ3) is 4.74. The van der Waals surface area contributed by atoms with Gasteiger partial charge < -0.3 is 20.9 Å². The standard InChI is InChI=1S/C12H18N2O3/c1-9(8-15)14-12(16)6-7-17-11-5-3-2-4-10(11)13/h2-5,9,15H,6-8,13H2,1H3,(H,14,16). The summed E-state index contributed by atoms with van der Waals surface area (Å²) < 4.78 is 5.37. The predicted molar refractivity (Wildman–Crippen MR) is 65.7 cm³/mol. The lowest BCUT2D eigenvalue weighted by Crippen LogP contribution is -2.35. The monoisotopic (exact) mass is 238 g/mol. The van der Waals surface area contributed by atoms with Crippen molar-refractivity contribution in [3.8, 4) is 5.75 Å². The van der Waals surface area contributed by atoms with Crippen LogP contribution in [0.2, 0.25) is 0 Å². The molecule has 94 valence electrons. The SMILES string of the molecule is CC(CO)NC(=O)CCOc1ccccc1N. The number of amides is 1. The van der Waals surface area contributed by atoms with Gasteiger partial charge in [-0.2, -0.15) is 0 Å². The Balaban J connectivity index is 2.29. The van der Waals surface area contributed by atoms with Crippen LogP contribution >= 0.6 is 0 Å². The molecule has 0 spiro atoms. The van der Waals surface area contributed by atoms with Crippen molar-refractivity contribution in [2.45, 2.75) is 19.4 Å². The fourth-order valence-electron chi connectivity index (χ4n) is 1.26. The molecule has 4 N–H and O–H groups in total. The summed E-state index contributed by atoms with van der Waals surface area (Å²) in [6, 6.07) is 6.90. The molecule has 1 rings (SSSR count). The number of ether oxygens (including phenoxy) is 1. The molecule has 0 heterocycles. The molecule has 0 aliphatic rings. The maximum atomic E-state index is 11.4. The van der Waals surface area contributed by atoms with Gasteiger partial charge in [-0.15, -0.1) is 0 Å². The Morgan fingerprint density at radius 3 is 2.88 bits per heavy atom. The fraction of sp³-hybridized carbons (Fsp3) is 0.417. The van der Waals surface area contributed by atoms with E-state index in [0.29, 0.717) is 11.4 Å². The summed E-state index contributed by atoms with van der Waals surface area (Å²) in [5, 5.41) is 11.4. The number of carbonyl (C=O) groups is 1. The Morgan fingerprint density at radius 2 is 2.24 bits per heavy atom. The van der Waals surface area contributed by atoms with Gasteiger partial charge in [0.05, 0.1) is 25.3 Å². The quantitative estimate of drug-likeness (QED) is 0.631. The summed E-state index contributed by atoms with van der Waals surface area (Å²) in [4.78, 5) is 11.4. The molecule has 1 atom stereocenters. The van der Waals surface area contributed by atoms with Crippen molar-refractivity contribution in [1.82, 2.24) is 5.32 Å². The zero-order valence-corrected chi connectivity index (χ0v) is 9.85. The number of nitrogens with two attached hydrogens (primary N) is 1. The second-order valence-corrected chi connectivity index (χ2v) is 3.79. The van der Waals surface area contributed by atoms with Crippen molar-refractivity contribution < 1.29 is 14.6 Å². The summed E-state index contributed by atoms with van der Waals surface area (Å²) >= 11 is 0. The summed E-state index contributed by atoms with van der Waals surface area (Å²) in [5.74, 6) is 0.427. The molecule has 1 aromatic carbocycles. The first-order valence-electron chi connectivity index (χ1n) is 5.51. The van der Waals surface area contributed by atoms with Gasteiger partial charge in [-0.1, -0.05) is 12.1 Å². The van der Waals surface area contributed by atoms with Gasteiger partial charge in [0.15, 0.2) is 0 Å². The topological polar surface area (TPSA) is 84.6 Å². The molecule has 0 aliphatic heterocycles. The average Bonchev–Trinajstić information content (AvgIpc) is 2.31. The van der Waals surface area contributed by atoms with Crippen molar-refractivity contribution in [3.63, 3.8) is 0 Å². The van der Waals surface area contributed by atoms with Crippen LogP contribution in [0.25, 0.3) is 0 Å². The predicted octanol–water partition coefficient (Wildman–Crippen LogP) is 0.535. The second kappa shape index (κ2) is 6.75. The molecule has 1 amide bonds. The lowest BCUT2D eigenvalue weighted by molar-refractivity contribution is -0.122. The van der Waals surface area contributed by atoms with Crippen molar-refractivity contribution in [3.05, 3.63) is 24.3 Å². The molecule has 1 aromatic rings. The molecule has 0 saturated heterocycles. The van der Waals surface area contributed by atoms with E-state index in [1.54, 1.807) is 19.1 Å². The Hall–Kier alpha value is -1.75. The van der Waals surface area contributed by atoms with Gasteiger partial charge in [-0.25, -0.2) is 0 Å². The molecule has 0 aromatic heterocycles. The lowest BCUT2D eigenvalue weighted by Gasteiger charge is -2.11. The van der Waals surface area contributed by atoms with E-state index in [2.05, 4.69) is 5.32 Å². The first kappa shape index (κ1) is 13.3. The van der Waals surface area contributed by atoms with Crippen LogP contribution in [0.3, 0.4) is 0 Å². The maximum Gasteiger partial charge on any atom is 0.223 e. The third-order valence-corrected chi connectivity index (χ3v) is 2.19. The van der Waals surface area contributed by atoms with E-state index in [-0.39, 0.29) is 31.6 Å². The number of para-hydroxylation sites is 2. The van der Waals surface area contributed by atoms with E-state index in [1.807, 2.05) is 12.1 Å². The molecule has 0 radical (unpaired) electrons. The fourth-order valence-corrected chi connectivity index (χ4v) is 1.26. The number of nitrogens with one attached hydrogen (secondary N) is 1. The van der Waals surface area contributed by atoms with Crippen LogP contribution in [0.1, 0.15) is 13.3 Å². The number of aliphatic hydroxyl groups excluding tert-OH is 1. The van der Waals surface area contributed by atoms with Crippen molar-refractivity contribution in [2.24, 2.45) is 0 Å². The Morgan fingerprint density at radius 1 is 1.53 bits per heavy atom. The second-order valence-electron chi connectivity index (χ2n) is 3.79. The minimum Gasteiger partial charge on any atom is -0.491 e. The Bertz CT molecular complexity index is 369. The lowest BCUT2D eigenvalue weighted by atomic mass is 10.3. The highest BCUT2D eigenvalue weighted by atomic mass is 16.5. The summed E-state index contributed by atoms with van der Waals surface area (Å²) in [5.41, 5.74) is 6.23. The van der Waals surface area contributed by atoms with Gasteiger partial charge in [-0.3, -0.25) is 4.79 Å². The minimum atomic E-state index is -0.232. The number of anilines is 1. The Kier molecular flexibility index (Phi) is 5.29. The summed E-state index contributed by atoms with van der Waals surface area (Å²) in [7, 11) is 0. The number of carbonyl (C=O) groups excluding carboxylic acids is 1. The molecule has 5 nitrogen and oxygen atoms in total. The molecule has 17 heavy (non-hydrogen) atoms. The first-order chi connectivity index (χ1) is 8.13. The van der Waals surface area contributed by atoms with Crippen molar-refractivity contribution in [2.75, 3.05) is 18.9 Å². The van der Waals surface area contributed by atoms with E-state index in [0.717, 1.165) is 0 Å². The van der Waals surface area contributed by atoms with Gasteiger partial charge >= 0.3 is 0 Å². The zero-order valence-electron chi connectivity index (χ0n) is 9.85. The van der Waals surface area contributed by atoms with Crippen LogP contribution < -0.4 is 15.8 Å². The van der Waals surface area contributed by atoms with Gasteiger partial charge in [0.25, 0.3) is 0 Å². The minimum absolute atomic E-state index is 0.0712. The number of hydrogen-bond acceptors (Lipinski definition) is 4. The van der Waals surface area contributed by atoms with E-state index >= 15 is 0 Å². The number of rotatable bonds is 6. The normalized spacial score (nSPS) is 11.9. The molecule has 1 unspecified atom stereocenters. The number of benzene rings is 1. The van der Waals surface area contributed by atoms with Crippen molar-refractivity contribution >= 4 is 11.6 Å². The van der Waals surface area contributed by atoms with Gasteiger partial charge in [0, 0.05) is 6.04 Å². The molecule has 5 heteroatoms. The number of nitrogen functional groups attached to an aromatic ring is 1. The number of hydrogen-bond donors (Lipinski definition) is 3. The van der Waals surface area contributed by atoms with Gasteiger partial charge in [0.2, 0.25) is 5.91 Å². The first-order valence-corrected chi connectivity index (χ1v) is 5.51. The molecule has 0 fully saturated rings. The molecular weight excluding hydrogens is 220 g/mol. The highest BCUT2D eigenvalue weighted by Crippen LogP contribution is 2.19. The summed E-state index contributed by atoms with van der Waals surface area (Å²) in [6.45, 7) is 1.92. The zero-order chi connectivity index (χ0) is 12.7. The third-order valence-electron chi connectivity index (χ3n) is 2.19. The Labute approximate surface area is 101 Å². The highest BCUT2D eigenvalue weighted by molar-refractivity contribution is 5.76. The maximum absolute atomic E-state index is 11.4. The molecule has 0 aliphatic carbocycles. The van der Waals surface area contributed by atoms with E-state index < -0.39 is 0 Å². The largest absolute Gasteiger partial charge is 0.491 e.